The largest absolute Gasteiger partial charge is 0.419 e. The lowest BCUT2D eigenvalue weighted by molar-refractivity contribution is -0.140. The molecule has 1 nitrogen and oxygen atoms in total. The lowest BCUT2D eigenvalue weighted by Crippen LogP contribution is -2.10. The predicted octanol–water partition coefficient (Wildman–Crippen LogP) is 5.15. The highest BCUT2D eigenvalue weighted by Gasteiger charge is 2.34. The molecular formula is C15H9BrF4O. The van der Waals surface area contributed by atoms with Crippen molar-refractivity contribution < 1.29 is 22.4 Å². The Bertz CT molecular complexity index is 707. The third-order valence-electron chi connectivity index (χ3n) is 2.98. The van der Waals surface area contributed by atoms with Crippen LogP contribution in [-0.2, 0) is 6.18 Å². The molecule has 0 aliphatic heterocycles. The van der Waals surface area contributed by atoms with Crippen molar-refractivity contribution in [3.8, 4) is 0 Å². The van der Waals surface area contributed by atoms with E-state index in [9.17, 15) is 22.4 Å². The Morgan fingerprint density at radius 2 is 1.76 bits per heavy atom. The summed E-state index contributed by atoms with van der Waals surface area (Å²) in [6.45, 7) is 1.69. The van der Waals surface area contributed by atoms with Crippen LogP contribution in [0.15, 0.2) is 40.9 Å². The summed E-state index contributed by atoms with van der Waals surface area (Å²) >= 11 is 3.21. The van der Waals surface area contributed by atoms with Crippen LogP contribution in [0.1, 0.15) is 27.0 Å². The second-order valence-corrected chi connectivity index (χ2v) is 5.40. The molecule has 2 aromatic rings. The summed E-state index contributed by atoms with van der Waals surface area (Å²) < 4.78 is 51.6. The lowest BCUT2D eigenvalue weighted by Gasteiger charge is -2.10. The van der Waals surface area contributed by atoms with Gasteiger partial charge < -0.3 is 0 Å². The smallest absolute Gasteiger partial charge is 0.289 e. The van der Waals surface area contributed by atoms with Crippen LogP contribution in [0.2, 0.25) is 0 Å². The molecule has 0 saturated carbocycles. The van der Waals surface area contributed by atoms with Crippen molar-refractivity contribution in [3.05, 3.63) is 68.9 Å². The number of benzene rings is 2. The second-order valence-electron chi connectivity index (χ2n) is 4.48. The van der Waals surface area contributed by atoms with Gasteiger partial charge in [-0.05, 0) is 36.8 Å². The topological polar surface area (TPSA) is 17.1 Å². The summed E-state index contributed by atoms with van der Waals surface area (Å²) in [7, 11) is 0. The van der Waals surface area contributed by atoms with Crippen LogP contribution in [0.4, 0.5) is 17.6 Å². The van der Waals surface area contributed by atoms with Crippen LogP contribution in [0.25, 0.3) is 0 Å². The minimum Gasteiger partial charge on any atom is -0.289 e. The second kappa shape index (κ2) is 5.60. The van der Waals surface area contributed by atoms with Gasteiger partial charge in [0.25, 0.3) is 0 Å². The fourth-order valence-electron chi connectivity index (χ4n) is 1.88. The van der Waals surface area contributed by atoms with E-state index >= 15 is 0 Å². The molecule has 0 atom stereocenters. The third-order valence-corrected chi connectivity index (χ3v) is 3.47. The van der Waals surface area contributed by atoms with Crippen molar-refractivity contribution in [2.24, 2.45) is 0 Å². The van der Waals surface area contributed by atoms with Crippen molar-refractivity contribution in [2.45, 2.75) is 13.1 Å². The van der Waals surface area contributed by atoms with E-state index in [1.54, 1.807) is 25.1 Å². The molecular weight excluding hydrogens is 352 g/mol. The zero-order chi connectivity index (χ0) is 15.8. The maximum Gasteiger partial charge on any atom is 0.419 e. The fraction of sp³-hybridized carbons (Fsp3) is 0.133. The van der Waals surface area contributed by atoms with E-state index in [2.05, 4.69) is 15.9 Å². The van der Waals surface area contributed by atoms with Gasteiger partial charge in [-0.1, -0.05) is 28.1 Å². The monoisotopic (exact) mass is 360 g/mol. The van der Waals surface area contributed by atoms with Gasteiger partial charge in [-0.2, -0.15) is 13.2 Å². The van der Waals surface area contributed by atoms with Gasteiger partial charge in [-0.3, -0.25) is 4.79 Å². The average Bonchev–Trinajstić information content (AvgIpc) is 2.39. The van der Waals surface area contributed by atoms with E-state index in [-0.39, 0.29) is 5.56 Å². The van der Waals surface area contributed by atoms with E-state index in [4.69, 9.17) is 0 Å². The number of ketones is 1. The van der Waals surface area contributed by atoms with Gasteiger partial charge in [0.1, 0.15) is 5.82 Å². The Balaban J connectivity index is 2.45. The fourth-order valence-corrected chi connectivity index (χ4v) is 2.24. The van der Waals surface area contributed by atoms with Crippen molar-refractivity contribution in [3.63, 3.8) is 0 Å². The first kappa shape index (κ1) is 15.7. The van der Waals surface area contributed by atoms with Gasteiger partial charge in [0.15, 0.2) is 5.78 Å². The van der Waals surface area contributed by atoms with Crippen molar-refractivity contribution in [1.29, 1.82) is 0 Å². The molecule has 0 heterocycles. The van der Waals surface area contributed by atoms with Crippen LogP contribution in [0.3, 0.4) is 0 Å². The third kappa shape index (κ3) is 3.32. The minimum atomic E-state index is -4.78. The molecule has 0 saturated heterocycles. The first-order valence-corrected chi connectivity index (χ1v) is 6.67. The summed E-state index contributed by atoms with van der Waals surface area (Å²) in [5.41, 5.74) is -0.543. The molecule has 0 aliphatic rings. The predicted molar refractivity (Wildman–Crippen MR) is 73.7 cm³/mol. The van der Waals surface area contributed by atoms with Crippen LogP contribution in [0, 0.1) is 12.7 Å². The number of halogens is 5. The molecule has 0 aromatic heterocycles. The number of aryl methyl sites for hydroxylation is 1. The van der Waals surface area contributed by atoms with Crippen LogP contribution >= 0.6 is 15.9 Å². The summed E-state index contributed by atoms with van der Waals surface area (Å²) in [5, 5.41) is 0. The summed E-state index contributed by atoms with van der Waals surface area (Å²) in [4.78, 5) is 12.3. The van der Waals surface area contributed by atoms with Crippen LogP contribution < -0.4 is 0 Å². The highest BCUT2D eigenvalue weighted by molar-refractivity contribution is 9.10. The molecule has 2 aromatic carbocycles. The molecule has 0 radical (unpaired) electrons. The van der Waals surface area contributed by atoms with E-state index in [1.807, 2.05) is 0 Å². The van der Waals surface area contributed by atoms with Gasteiger partial charge in [0, 0.05) is 15.6 Å². The maximum absolute atomic E-state index is 13.5. The molecule has 110 valence electrons. The average molecular weight is 361 g/mol. The van der Waals surface area contributed by atoms with Gasteiger partial charge >= 0.3 is 6.18 Å². The van der Waals surface area contributed by atoms with Crippen LogP contribution in [-0.4, -0.2) is 5.78 Å². The molecule has 0 N–H and O–H groups in total. The number of hydrogen-bond acceptors (Lipinski definition) is 1. The quantitative estimate of drug-likeness (QED) is 0.534. The standard InChI is InChI=1S/C15H9BrF4O/c1-8-2-4-10(16)7-11(8)14(21)9-3-5-12(13(17)6-9)15(18,19)20/h2-7H,1H3. The number of carbonyl (C=O) groups excluding carboxylic acids is 1. The Morgan fingerprint density at radius 3 is 2.33 bits per heavy atom. The van der Waals surface area contributed by atoms with Crippen LogP contribution in [0.5, 0.6) is 0 Å². The Morgan fingerprint density at radius 1 is 1.10 bits per heavy atom. The summed E-state index contributed by atoms with van der Waals surface area (Å²) in [6, 6.07) is 7.15. The van der Waals surface area contributed by atoms with E-state index in [0.717, 1.165) is 6.07 Å². The number of alkyl halides is 3. The number of carbonyl (C=O) groups is 1. The van der Waals surface area contributed by atoms with E-state index < -0.39 is 23.3 Å². The van der Waals surface area contributed by atoms with E-state index in [1.165, 1.54) is 0 Å². The van der Waals surface area contributed by atoms with Gasteiger partial charge in [0.2, 0.25) is 0 Å². The molecule has 0 amide bonds. The maximum atomic E-state index is 13.5. The molecule has 2 rings (SSSR count). The molecule has 0 unspecified atom stereocenters. The molecule has 0 bridgehead atoms. The SMILES string of the molecule is Cc1ccc(Br)cc1C(=O)c1ccc(C(F)(F)F)c(F)c1. The van der Waals surface area contributed by atoms with Crippen molar-refractivity contribution in [1.82, 2.24) is 0 Å². The first-order chi connectivity index (χ1) is 9.70. The van der Waals surface area contributed by atoms with Crippen molar-refractivity contribution >= 4 is 21.7 Å². The normalized spacial score (nSPS) is 11.5. The zero-order valence-electron chi connectivity index (χ0n) is 10.8. The Labute approximate surface area is 126 Å². The Hall–Kier alpha value is -1.69. The first-order valence-electron chi connectivity index (χ1n) is 5.88. The van der Waals surface area contributed by atoms with E-state index in [0.29, 0.717) is 27.7 Å². The molecule has 0 aliphatic carbocycles. The molecule has 21 heavy (non-hydrogen) atoms. The summed E-state index contributed by atoms with van der Waals surface area (Å²) in [5.74, 6) is -1.98. The highest BCUT2D eigenvalue weighted by atomic mass is 79.9. The minimum absolute atomic E-state index is 0.123. The molecule has 0 fully saturated rings. The molecule has 6 heteroatoms. The van der Waals surface area contributed by atoms with Crippen molar-refractivity contribution in [2.75, 3.05) is 0 Å². The Kier molecular flexibility index (Phi) is 4.18. The van der Waals surface area contributed by atoms with Gasteiger partial charge in [-0.25, -0.2) is 4.39 Å². The molecule has 0 spiro atoms. The van der Waals surface area contributed by atoms with Gasteiger partial charge in [0.05, 0.1) is 5.56 Å². The highest BCUT2D eigenvalue weighted by Crippen LogP contribution is 2.32. The zero-order valence-corrected chi connectivity index (χ0v) is 12.3. The lowest BCUT2D eigenvalue weighted by atomic mass is 9.98. The number of hydrogen-bond donors (Lipinski definition) is 0. The van der Waals surface area contributed by atoms with Gasteiger partial charge in [-0.15, -0.1) is 0 Å². The number of rotatable bonds is 2. The summed E-state index contributed by atoms with van der Waals surface area (Å²) in [6.07, 6.45) is -4.78.